The lowest BCUT2D eigenvalue weighted by molar-refractivity contribution is -0.130. The molecule has 2 aliphatic heterocycles. The summed E-state index contributed by atoms with van der Waals surface area (Å²) in [7, 11) is 0. The van der Waals surface area contributed by atoms with Gasteiger partial charge in [0.25, 0.3) is 0 Å². The van der Waals surface area contributed by atoms with E-state index in [1.165, 1.54) is 5.56 Å². The van der Waals surface area contributed by atoms with E-state index in [4.69, 9.17) is 4.98 Å². The number of carbonyl (C=O) groups excluding carboxylic acids is 1. The van der Waals surface area contributed by atoms with Gasteiger partial charge in [0.1, 0.15) is 11.6 Å². The minimum absolute atomic E-state index is 0.153. The lowest BCUT2D eigenvalue weighted by Crippen LogP contribution is -2.34. The van der Waals surface area contributed by atoms with Gasteiger partial charge in [-0.05, 0) is 25.0 Å². The highest BCUT2D eigenvalue weighted by Crippen LogP contribution is 2.26. The number of carbonyl (C=O) groups is 1. The number of pyridine rings is 1. The van der Waals surface area contributed by atoms with E-state index in [1.807, 2.05) is 24.0 Å². The van der Waals surface area contributed by atoms with Crippen LogP contribution in [0.3, 0.4) is 0 Å². The van der Waals surface area contributed by atoms with Crippen molar-refractivity contribution in [2.75, 3.05) is 31.1 Å². The molecular weight excluding hydrogens is 326 g/mol. The first-order valence-electron chi connectivity index (χ1n) is 9.14. The molecule has 2 aliphatic rings. The Bertz CT molecular complexity index is 826. The maximum Gasteiger partial charge on any atom is 0.227 e. The van der Waals surface area contributed by atoms with Gasteiger partial charge in [-0.1, -0.05) is 18.2 Å². The van der Waals surface area contributed by atoms with Crippen molar-refractivity contribution < 1.29 is 4.79 Å². The second-order valence-corrected chi connectivity index (χ2v) is 6.81. The molecule has 0 atom stereocenters. The van der Waals surface area contributed by atoms with Crippen molar-refractivity contribution in [2.24, 2.45) is 0 Å². The molecule has 2 aromatic heterocycles. The largest absolute Gasteiger partial charge is 0.349 e. The van der Waals surface area contributed by atoms with Crippen LogP contribution in [0.15, 0.2) is 36.7 Å². The number of hydrogen-bond donors (Lipinski definition) is 0. The summed E-state index contributed by atoms with van der Waals surface area (Å²) in [5.74, 6) is 2.00. The average Bonchev–Trinajstić information content (AvgIpc) is 3.09. The molecule has 1 amide bonds. The maximum absolute atomic E-state index is 12.7. The zero-order valence-electron chi connectivity index (χ0n) is 15.1. The highest BCUT2D eigenvalue weighted by Gasteiger charge is 2.24. The molecule has 134 valence electrons. The quantitative estimate of drug-likeness (QED) is 0.790. The summed E-state index contributed by atoms with van der Waals surface area (Å²) in [6.07, 6.45) is 9.82. The summed E-state index contributed by atoms with van der Waals surface area (Å²) < 4.78 is 0. The van der Waals surface area contributed by atoms with Crippen LogP contribution in [-0.2, 0) is 24.1 Å². The van der Waals surface area contributed by atoms with Crippen molar-refractivity contribution >= 4 is 11.7 Å². The second kappa shape index (κ2) is 7.23. The van der Waals surface area contributed by atoms with Crippen LogP contribution < -0.4 is 4.90 Å². The van der Waals surface area contributed by atoms with Gasteiger partial charge in [0.2, 0.25) is 5.91 Å². The zero-order chi connectivity index (χ0) is 17.9. The summed E-state index contributed by atoms with van der Waals surface area (Å²) >= 11 is 0. The monoisotopic (exact) mass is 349 g/mol. The Hall–Kier alpha value is -2.76. The lowest BCUT2D eigenvalue weighted by Gasteiger charge is -2.22. The second-order valence-electron chi connectivity index (χ2n) is 6.81. The van der Waals surface area contributed by atoms with Crippen molar-refractivity contribution in [3.8, 4) is 0 Å². The van der Waals surface area contributed by atoms with E-state index < -0.39 is 0 Å². The van der Waals surface area contributed by atoms with Crippen molar-refractivity contribution in [3.63, 3.8) is 0 Å². The summed E-state index contributed by atoms with van der Waals surface area (Å²) in [6, 6.07) is 3.82. The SMILES string of the molecule is Cc1nc2c(c(N3CC=CC3)n1)CCN(C(=O)Cc1cccnc1)CC2. The highest BCUT2D eigenvalue weighted by molar-refractivity contribution is 5.78. The molecule has 0 spiro atoms. The fourth-order valence-corrected chi connectivity index (χ4v) is 3.65. The molecular formula is C20H23N5O. The third-order valence-corrected chi connectivity index (χ3v) is 4.98. The molecule has 0 saturated carbocycles. The van der Waals surface area contributed by atoms with Gasteiger partial charge in [0, 0.05) is 50.6 Å². The number of anilines is 1. The van der Waals surface area contributed by atoms with E-state index in [0.717, 1.165) is 48.8 Å². The number of aryl methyl sites for hydroxylation is 1. The Kier molecular flexibility index (Phi) is 4.65. The molecule has 0 unspecified atom stereocenters. The van der Waals surface area contributed by atoms with Crippen LogP contribution in [0.5, 0.6) is 0 Å². The Balaban J connectivity index is 1.52. The maximum atomic E-state index is 12.7. The van der Waals surface area contributed by atoms with Gasteiger partial charge >= 0.3 is 0 Å². The molecule has 0 radical (unpaired) electrons. The number of nitrogens with zero attached hydrogens (tertiary/aromatic N) is 5. The summed E-state index contributed by atoms with van der Waals surface area (Å²) in [5, 5.41) is 0. The minimum Gasteiger partial charge on any atom is -0.349 e. The Morgan fingerprint density at radius 1 is 1.15 bits per heavy atom. The zero-order valence-corrected chi connectivity index (χ0v) is 15.1. The molecule has 4 rings (SSSR count). The number of rotatable bonds is 3. The van der Waals surface area contributed by atoms with Crippen LogP contribution in [-0.4, -0.2) is 51.9 Å². The third kappa shape index (κ3) is 3.45. The first kappa shape index (κ1) is 16.7. The normalized spacial score (nSPS) is 16.5. The number of aromatic nitrogens is 3. The van der Waals surface area contributed by atoms with Crippen LogP contribution in [0.4, 0.5) is 5.82 Å². The van der Waals surface area contributed by atoms with E-state index >= 15 is 0 Å². The van der Waals surface area contributed by atoms with Crippen LogP contribution in [0, 0.1) is 6.92 Å². The first-order valence-corrected chi connectivity index (χ1v) is 9.14. The van der Waals surface area contributed by atoms with Gasteiger partial charge in [-0.15, -0.1) is 0 Å². The van der Waals surface area contributed by atoms with E-state index in [-0.39, 0.29) is 5.91 Å². The van der Waals surface area contributed by atoms with Gasteiger partial charge in [0.15, 0.2) is 0 Å². The number of hydrogen-bond acceptors (Lipinski definition) is 5. The van der Waals surface area contributed by atoms with Crippen molar-refractivity contribution in [3.05, 3.63) is 59.3 Å². The van der Waals surface area contributed by atoms with Gasteiger partial charge in [0.05, 0.1) is 12.1 Å². The van der Waals surface area contributed by atoms with Crippen LogP contribution in [0.25, 0.3) is 0 Å². The number of fused-ring (bicyclic) bond motifs is 1. The molecule has 0 fully saturated rings. The fourth-order valence-electron chi connectivity index (χ4n) is 3.65. The predicted molar refractivity (Wildman–Crippen MR) is 100 cm³/mol. The lowest BCUT2D eigenvalue weighted by atomic mass is 10.1. The van der Waals surface area contributed by atoms with Crippen molar-refractivity contribution in [1.82, 2.24) is 19.9 Å². The minimum atomic E-state index is 0.153. The molecule has 6 nitrogen and oxygen atoms in total. The van der Waals surface area contributed by atoms with E-state index in [0.29, 0.717) is 19.5 Å². The summed E-state index contributed by atoms with van der Waals surface area (Å²) in [6.45, 7) is 5.16. The smallest absolute Gasteiger partial charge is 0.227 e. The van der Waals surface area contributed by atoms with Gasteiger partial charge < -0.3 is 9.80 Å². The molecule has 0 bridgehead atoms. The van der Waals surface area contributed by atoms with Gasteiger partial charge in [-0.2, -0.15) is 0 Å². The molecule has 0 aromatic carbocycles. The van der Waals surface area contributed by atoms with Crippen LogP contribution >= 0.6 is 0 Å². The Morgan fingerprint density at radius 3 is 2.73 bits per heavy atom. The Morgan fingerprint density at radius 2 is 1.96 bits per heavy atom. The van der Waals surface area contributed by atoms with Crippen LogP contribution in [0.2, 0.25) is 0 Å². The van der Waals surface area contributed by atoms with E-state index in [9.17, 15) is 4.79 Å². The molecule has 2 aromatic rings. The Labute approximate surface area is 153 Å². The summed E-state index contributed by atoms with van der Waals surface area (Å²) in [4.78, 5) is 30.4. The van der Waals surface area contributed by atoms with Gasteiger partial charge in [-0.3, -0.25) is 9.78 Å². The molecule has 0 saturated heterocycles. The standard InChI is InChI=1S/C20H23N5O/c1-15-22-18-7-12-24(19(26)13-16-5-4-8-21-14-16)11-6-17(18)20(23-15)25-9-2-3-10-25/h2-5,8,14H,6-7,9-13H2,1H3. The van der Waals surface area contributed by atoms with Crippen LogP contribution in [0.1, 0.15) is 22.6 Å². The molecule has 6 heteroatoms. The highest BCUT2D eigenvalue weighted by atomic mass is 16.2. The van der Waals surface area contributed by atoms with E-state index in [1.54, 1.807) is 12.4 Å². The predicted octanol–water partition coefficient (Wildman–Crippen LogP) is 1.73. The fraction of sp³-hybridized carbons (Fsp3) is 0.400. The topological polar surface area (TPSA) is 62.2 Å². The number of amides is 1. The van der Waals surface area contributed by atoms with E-state index in [2.05, 4.69) is 27.0 Å². The average molecular weight is 349 g/mol. The summed E-state index contributed by atoms with van der Waals surface area (Å²) in [5.41, 5.74) is 3.26. The van der Waals surface area contributed by atoms with Crippen molar-refractivity contribution in [1.29, 1.82) is 0 Å². The third-order valence-electron chi connectivity index (χ3n) is 4.98. The molecule has 0 aliphatic carbocycles. The van der Waals surface area contributed by atoms with Crippen molar-refractivity contribution in [2.45, 2.75) is 26.2 Å². The molecule has 4 heterocycles. The molecule has 26 heavy (non-hydrogen) atoms. The van der Waals surface area contributed by atoms with Gasteiger partial charge in [-0.25, -0.2) is 9.97 Å². The molecule has 0 N–H and O–H groups in total. The first-order chi connectivity index (χ1) is 12.7.